The summed E-state index contributed by atoms with van der Waals surface area (Å²) in [6.07, 6.45) is 1.33. The number of carboxylic acid groups (broad SMARTS) is 2. The van der Waals surface area contributed by atoms with Gasteiger partial charge in [0, 0.05) is 17.8 Å². The molecule has 0 fully saturated rings. The van der Waals surface area contributed by atoms with Crippen LogP contribution in [0.15, 0.2) is 41.3 Å². The number of carbonyl (C=O) groups is 3. The highest BCUT2D eigenvalue weighted by atomic mass is 35.5. The first-order valence-corrected chi connectivity index (χ1v) is 9.65. The third-order valence-corrected chi connectivity index (χ3v) is 4.65. The van der Waals surface area contributed by atoms with E-state index in [0.29, 0.717) is 0 Å². The van der Waals surface area contributed by atoms with Gasteiger partial charge in [0.05, 0.1) is 17.2 Å². The Labute approximate surface area is 190 Å². The summed E-state index contributed by atoms with van der Waals surface area (Å²) >= 11 is 6.27. The van der Waals surface area contributed by atoms with E-state index >= 15 is 0 Å². The fourth-order valence-electron chi connectivity index (χ4n) is 2.99. The Hall–Kier alpha value is -4.38. The number of pyridine rings is 2. The SMILES string of the molecule is CCOC(=O)c1ccnc(Oc2ccc(-c3c(C(=O)O)c(N)[nH]c(=O)c3C(=O)O)cc2Cl)c1. The molecule has 11 nitrogen and oxygen atoms in total. The Morgan fingerprint density at radius 3 is 2.42 bits per heavy atom. The van der Waals surface area contributed by atoms with Gasteiger partial charge in [-0.05, 0) is 30.7 Å². The molecule has 3 rings (SSSR count). The van der Waals surface area contributed by atoms with Crippen LogP contribution in [0.5, 0.6) is 11.6 Å². The smallest absolute Gasteiger partial charge is 0.342 e. The summed E-state index contributed by atoms with van der Waals surface area (Å²) in [5, 5.41) is 19.0. The Kier molecular flexibility index (Phi) is 6.64. The number of nitrogens with two attached hydrogens (primary N) is 1. The molecule has 0 aliphatic rings. The predicted molar refractivity (Wildman–Crippen MR) is 116 cm³/mol. The van der Waals surface area contributed by atoms with Crippen LogP contribution in [0, 0.1) is 0 Å². The van der Waals surface area contributed by atoms with Gasteiger partial charge in [-0.2, -0.15) is 0 Å². The molecular formula is C21H16ClN3O8. The minimum atomic E-state index is -1.65. The molecule has 0 bridgehead atoms. The molecule has 170 valence electrons. The largest absolute Gasteiger partial charge is 0.478 e. The molecule has 5 N–H and O–H groups in total. The van der Waals surface area contributed by atoms with Crippen molar-refractivity contribution in [2.75, 3.05) is 12.3 Å². The van der Waals surface area contributed by atoms with Crippen molar-refractivity contribution in [2.24, 2.45) is 0 Å². The summed E-state index contributed by atoms with van der Waals surface area (Å²) in [4.78, 5) is 53.5. The number of nitrogens with zero attached hydrogens (tertiary/aromatic N) is 1. The number of hydrogen-bond donors (Lipinski definition) is 4. The first kappa shape index (κ1) is 23.3. The van der Waals surface area contributed by atoms with Crippen molar-refractivity contribution in [1.82, 2.24) is 9.97 Å². The molecule has 2 aromatic heterocycles. The number of carboxylic acids is 2. The number of aromatic carboxylic acids is 2. The molecule has 0 aliphatic heterocycles. The van der Waals surface area contributed by atoms with Crippen LogP contribution in [-0.4, -0.2) is 44.7 Å². The van der Waals surface area contributed by atoms with Crippen molar-refractivity contribution in [1.29, 1.82) is 0 Å². The van der Waals surface area contributed by atoms with E-state index in [-0.39, 0.29) is 34.4 Å². The first-order valence-electron chi connectivity index (χ1n) is 9.27. The molecule has 0 radical (unpaired) electrons. The van der Waals surface area contributed by atoms with Gasteiger partial charge in [-0.25, -0.2) is 19.4 Å². The van der Waals surface area contributed by atoms with Crippen LogP contribution in [0.3, 0.4) is 0 Å². The fraction of sp³-hybridized carbons (Fsp3) is 0.0952. The van der Waals surface area contributed by atoms with Crippen LogP contribution in [0.1, 0.15) is 38.0 Å². The molecule has 12 heteroatoms. The molecule has 0 saturated heterocycles. The predicted octanol–water partition coefficient (Wildman–Crippen LogP) is 3.04. The van der Waals surface area contributed by atoms with Crippen molar-refractivity contribution < 1.29 is 34.1 Å². The number of H-pyrrole nitrogens is 1. The Balaban J connectivity index is 2.06. The summed E-state index contributed by atoms with van der Waals surface area (Å²) in [6, 6.07) is 6.63. The molecule has 0 saturated carbocycles. The normalized spacial score (nSPS) is 10.5. The second-order valence-electron chi connectivity index (χ2n) is 6.45. The molecule has 0 aliphatic carbocycles. The molecular weight excluding hydrogens is 458 g/mol. The Morgan fingerprint density at radius 2 is 1.82 bits per heavy atom. The highest BCUT2D eigenvalue weighted by molar-refractivity contribution is 6.32. The summed E-state index contributed by atoms with van der Waals surface area (Å²) in [5.41, 5.74) is 2.94. The van der Waals surface area contributed by atoms with Gasteiger partial charge in [-0.1, -0.05) is 17.7 Å². The minimum absolute atomic E-state index is 0.00758. The summed E-state index contributed by atoms with van der Waals surface area (Å²) in [5.74, 6) is -4.18. The number of aromatic nitrogens is 2. The zero-order valence-electron chi connectivity index (χ0n) is 16.9. The number of hydrogen-bond acceptors (Lipinski definition) is 8. The average Bonchev–Trinajstić information content (AvgIpc) is 2.74. The third kappa shape index (κ3) is 4.77. The topological polar surface area (TPSA) is 182 Å². The van der Waals surface area contributed by atoms with Crippen LogP contribution in [0.25, 0.3) is 11.1 Å². The van der Waals surface area contributed by atoms with E-state index in [1.807, 2.05) is 4.98 Å². The summed E-state index contributed by atoms with van der Waals surface area (Å²) in [7, 11) is 0. The number of anilines is 1. The number of halogens is 1. The van der Waals surface area contributed by atoms with Crippen LogP contribution in [0.4, 0.5) is 5.82 Å². The van der Waals surface area contributed by atoms with Crippen molar-refractivity contribution in [3.8, 4) is 22.8 Å². The zero-order chi connectivity index (χ0) is 24.3. The van der Waals surface area contributed by atoms with Gasteiger partial charge in [0.25, 0.3) is 5.56 Å². The number of benzene rings is 1. The molecule has 0 unspecified atom stereocenters. The van der Waals surface area contributed by atoms with Crippen LogP contribution >= 0.6 is 11.6 Å². The molecule has 0 spiro atoms. The lowest BCUT2D eigenvalue weighted by molar-refractivity contribution is 0.0524. The van der Waals surface area contributed by atoms with Crippen molar-refractivity contribution in [2.45, 2.75) is 6.92 Å². The number of ether oxygens (including phenoxy) is 2. The van der Waals surface area contributed by atoms with E-state index in [1.165, 1.54) is 36.5 Å². The van der Waals surface area contributed by atoms with Gasteiger partial charge in [0.2, 0.25) is 5.88 Å². The number of nitrogens with one attached hydrogen (secondary N) is 1. The maximum absolute atomic E-state index is 12.2. The van der Waals surface area contributed by atoms with Crippen molar-refractivity contribution >= 4 is 35.3 Å². The summed E-state index contributed by atoms with van der Waals surface area (Å²) in [6.45, 7) is 1.85. The lowest BCUT2D eigenvalue weighted by atomic mass is 9.95. The van der Waals surface area contributed by atoms with Crippen LogP contribution in [0.2, 0.25) is 5.02 Å². The van der Waals surface area contributed by atoms with E-state index in [4.69, 9.17) is 26.8 Å². The zero-order valence-corrected chi connectivity index (χ0v) is 17.7. The third-order valence-electron chi connectivity index (χ3n) is 4.35. The summed E-state index contributed by atoms with van der Waals surface area (Å²) < 4.78 is 10.5. The van der Waals surface area contributed by atoms with E-state index in [1.54, 1.807) is 6.92 Å². The maximum atomic E-state index is 12.2. The number of rotatable bonds is 7. The van der Waals surface area contributed by atoms with E-state index in [2.05, 4.69) is 4.98 Å². The molecule has 1 aromatic carbocycles. The lowest BCUT2D eigenvalue weighted by Gasteiger charge is -2.14. The van der Waals surface area contributed by atoms with Gasteiger partial charge in [0.1, 0.15) is 22.7 Å². The standard InChI is InChI=1S/C21H16ClN3O8/c1-2-32-21(31)10-5-6-24-13(8-10)33-12-4-3-9(7-11(12)22)14-15(19(27)28)17(23)25-18(26)16(14)20(29)30/h3-8H,2H2,1H3,(H,27,28)(H,29,30)(H3,23,25,26). The van der Waals surface area contributed by atoms with E-state index in [0.717, 1.165) is 0 Å². The second kappa shape index (κ2) is 9.40. The van der Waals surface area contributed by atoms with Crippen LogP contribution in [-0.2, 0) is 4.74 Å². The van der Waals surface area contributed by atoms with Gasteiger partial charge in [0.15, 0.2) is 0 Å². The molecule has 33 heavy (non-hydrogen) atoms. The lowest BCUT2D eigenvalue weighted by Crippen LogP contribution is -2.24. The molecule has 2 heterocycles. The van der Waals surface area contributed by atoms with Gasteiger partial charge >= 0.3 is 17.9 Å². The quantitative estimate of drug-likeness (QED) is 0.372. The fourth-order valence-corrected chi connectivity index (χ4v) is 3.21. The van der Waals surface area contributed by atoms with Crippen molar-refractivity contribution in [3.05, 3.63) is 68.6 Å². The number of aromatic amines is 1. The highest BCUT2D eigenvalue weighted by Gasteiger charge is 2.27. The monoisotopic (exact) mass is 473 g/mol. The van der Waals surface area contributed by atoms with E-state index in [9.17, 15) is 29.4 Å². The first-order chi connectivity index (χ1) is 15.6. The molecule has 0 amide bonds. The number of esters is 1. The van der Waals surface area contributed by atoms with Gasteiger partial charge in [-0.15, -0.1) is 0 Å². The number of nitrogen functional groups attached to an aromatic ring is 1. The maximum Gasteiger partial charge on any atom is 0.342 e. The van der Waals surface area contributed by atoms with Crippen molar-refractivity contribution in [3.63, 3.8) is 0 Å². The minimum Gasteiger partial charge on any atom is -0.478 e. The average molecular weight is 474 g/mol. The number of carbonyl (C=O) groups excluding carboxylic acids is 1. The molecule has 3 aromatic rings. The molecule has 0 atom stereocenters. The van der Waals surface area contributed by atoms with Gasteiger partial charge in [-0.3, -0.25) is 4.79 Å². The van der Waals surface area contributed by atoms with Crippen LogP contribution < -0.4 is 16.0 Å². The van der Waals surface area contributed by atoms with E-state index < -0.39 is 46.0 Å². The Bertz CT molecular complexity index is 1340. The van der Waals surface area contributed by atoms with Gasteiger partial charge < -0.3 is 30.4 Å². The highest BCUT2D eigenvalue weighted by Crippen LogP contribution is 2.36. The second-order valence-corrected chi connectivity index (χ2v) is 6.86. The Morgan fingerprint density at radius 1 is 1.12 bits per heavy atom.